The van der Waals surface area contributed by atoms with E-state index >= 15 is 0 Å². The van der Waals surface area contributed by atoms with Crippen molar-refractivity contribution < 1.29 is 14.6 Å². The van der Waals surface area contributed by atoms with Crippen molar-refractivity contribution in [3.8, 4) is 0 Å². The summed E-state index contributed by atoms with van der Waals surface area (Å²) in [5, 5.41) is 9.66. The fourth-order valence-corrected chi connectivity index (χ4v) is 9.28. The number of hydrogen-bond acceptors (Lipinski definition) is 4. The summed E-state index contributed by atoms with van der Waals surface area (Å²) in [6, 6.07) is 0. The summed E-state index contributed by atoms with van der Waals surface area (Å²) in [5.41, 5.74) is 2.01. The number of β-amino-alcohol motifs (C(OH)–C–C–N with tert-alkyl or cyclic N) is 1. The molecule has 5 fully saturated rings. The maximum atomic E-state index is 12.0. The highest BCUT2D eigenvalue weighted by atomic mass is 16.5. The molecule has 4 saturated carbocycles. The molecule has 4 aliphatic carbocycles. The number of aliphatic hydroxyl groups excluding tert-OH is 1. The quantitative estimate of drug-likeness (QED) is 0.591. The highest BCUT2D eigenvalue weighted by Gasteiger charge is 2.70. The standard InChI is InChI=1S/C24H37NO3/c1-16-18-5-6-20-23(13-18,21(16)28-17(2)27)10-7-19-22(3)8-4-9-24(19,20)15-25(14-22)11-12-26/h18-21,26H,1,4-15H2,2-3H3/t18-,19-,20-,21-,22+,23-,24+/m1/s1. The molecule has 4 bridgehead atoms. The van der Waals surface area contributed by atoms with Gasteiger partial charge in [0.1, 0.15) is 6.10 Å². The average Bonchev–Trinajstić information content (AvgIpc) is 2.81. The third-order valence-corrected chi connectivity index (χ3v) is 9.83. The largest absolute Gasteiger partial charge is 0.457 e. The first-order valence-electron chi connectivity index (χ1n) is 11.5. The van der Waals surface area contributed by atoms with E-state index in [1.165, 1.54) is 56.9 Å². The second-order valence-corrected chi connectivity index (χ2v) is 11.1. The topological polar surface area (TPSA) is 49.8 Å². The Morgan fingerprint density at radius 1 is 1.18 bits per heavy atom. The summed E-state index contributed by atoms with van der Waals surface area (Å²) >= 11 is 0. The van der Waals surface area contributed by atoms with Gasteiger partial charge in [0.25, 0.3) is 0 Å². The van der Waals surface area contributed by atoms with Crippen molar-refractivity contribution in [2.45, 2.75) is 71.3 Å². The lowest BCUT2D eigenvalue weighted by Gasteiger charge is -2.69. The van der Waals surface area contributed by atoms with E-state index in [9.17, 15) is 9.90 Å². The molecule has 1 saturated heterocycles. The Hall–Kier alpha value is -0.870. The van der Waals surface area contributed by atoms with Crippen LogP contribution in [0, 0.1) is 34.0 Å². The normalized spacial score (nSPS) is 50.0. The molecular formula is C24H37NO3. The third-order valence-electron chi connectivity index (χ3n) is 9.83. The van der Waals surface area contributed by atoms with E-state index < -0.39 is 0 Å². The molecule has 0 radical (unpaired) electrons. The van der Waals surface area contributed by atoms with Crippen molar-refractivity contribution in [3.05, 3.63) is 12.2 Å². The molecule has 1 N–H and O–H groups in total. The van der Waals surface area contributed by atoms with Gasteiger partial charge in [-0.3, -0.25) is 9.69 Å². The number of carbonyl (C=O) groups excluding carboxylic acids is 1. The minimum absolute atomic E-state index is 0.0702. The predicted molar refractivity (Wildman–Crippen MR) is 109 cm³/mol. The lowest BCUT2D eigenvalue weighted by atomic mass is 9.38. The summed E-state index contributed by atoms with van der Waals surface area (Å²) in [6.45, 7) is 11.8. The summed E-state index contributed by atoms with van der Waals surface area (Å²) < 4.78 is 6.02. The van der Waals surface area contributed by atoms with Gasteiger partial charge in [-0.25, -0.2) is 0 Å². The molecule has 0 aromatic carbocycles. The van der Waals surface area contributed by atoms with Crippen molar-refractivity contribution in [3.63, 3.8) is 0 Å². The van der Waals surface area contributed by atoms with Gasteiger partial charge in [-0.15, -0.1) is 0 Å². The van der Waals surface area contributed by atoms with E-state index in [0.29, 0.717) is 22.7 Å². The van der Waals surface area contributed by atoms with Gasteiger partial charge < -0.3 is 9.84 Å². The Bertz CT molecular complexity index is 691. The Morgan fingerprint density at radius 2 is 2.00 bits per heavy atom. The van der Waals surface area contributed by atoms with Crippen LogP contribution < -0.4 is 0 Å². The zero-order valence-electron chi connectivity index (χ0n) is 17.7. The molecule has 7 atom stereocenters. The smallest absolute Gasteiger partial charge is 0.303 e. The number of rotatable bonds is 3. The maximum Gasteiger partial charge on any atom is 0.303 e. The van der Waals surface area contributed by atoms with Gasteiger partial charge in [0.2, 0.25) is 0 Å². The number of fused-ring (bicyclic) bond motifs is 1. The second kappa shape index (κ2) is 6.31. The van der Waals surface area contributed by atoms with Crippen molar-refractivity contribution in [1.29, 1.82) is 0 Å². The van der Waals surface area contributed by atoms with Crippen LogP contribution in [0.4, 0.5) is 0 Å². The van der Waals surface area contributed by atoms with Gasteiger partial charge in [-0.2, -0.15) is 0 Å². The number of hydrogen-bond donors (Lipinski definition) is 1. The molecule has 1 spiro atoms. The number of likely N-dealkylation sites (tertiary alicyclic amines) is 1. The van der Waals surface area contributed by atoms with Crippen molar-refractivity contribution in [2.75, 3.05) is 26.2 Å². The molecule has 0 unspecified atom stereocenters. The zero-order chi connectivity index (χ0) is 19.7. The van der Waals surface area contributed by atoms with Crippen LogP contribution in [-0.2, 0) is 9.53 Å². The lowest BCUT2D eigenvalue weighted by Crippen LogP contribution is -2.68. The number of esters is 1. The van der Waals surface area contributed by atoms with Crippen LogP contribution in [0.1, 0.15) is 65.2 Å². The molecule has 0 aromatic rings. The first-order chi connectivity index (χ1) is 13.3. The van der Waals surface area contributed by atoms with Crippen LogP contribution >= 0.6 is 0 Å². The van der Waals surface area contributed by atoms with Crippen LogP contribution in [0.3, 0.4) is 0 Å². The summed E-state index contributed by atoms with van der Waals surface area (Å²) in [6.07, 6.45) is 10.0. The molecule has 4 nitrogen and oxygen atoms in total. The Morgan fingerprint density at radius 3 is 2.75 bits per heavy atom. The molecule has 0 aromatic heterocycles. The van der Waals surface area contributed by atoms with Crippen LogP contribution in [0.25, 0.3) is 0 Å². The van der Waals surface area contributed by atoms with Crippen molar-refractivity contribution in [2.24, 2.45) is 34.0 Å². The molecular weight excluding hydrogens is 350 g/mol. The monoisotopic (exact) mass is 387 g/mol. The van der Waals surface area contributed by atoms with Crippen molar-refractivity contribution >= 4 is 5.97 Å². The molecule has 1 aliphatic heterocycles. The minimum Gasteiger partial charge on any atom is -0.457 e. The van der Waals surface area contributed by atoms with E-state index in [-0.39, 0.29) is 24.1 Å². The predicted octanol–water partition coefficient (Wildman–Crippen LogP) is 3.79. The van der Waals surface area contributed by atoms with Crippen LogP contribution in [0.15, 0.2) is 12.2 Å². The van der Waals surface area contributed by atoms with Gasteiger partial charge in [-0.1, -0.05) is 19.9 Å². The van der Waals surface area contributed by atoms with E-state index in [1.54, 1.807) is 6.92 Å². The number of nitrogens with zero attached hydrogens (tertiary/aromatic N) is 1. The van der Waals surface area contributed by atoms with Gasteiger partial charge in [0, 0.05) is 32.0 Å². The fourth-order valence-electron chi connectivity index (χ4n) is 9.28. The Balaban J connectivity index is 1.58. The van der Waals surface area contributed by atoms with Gasteiger partial charge in [0.05, 0.1) is 6.61 Å². The first kappa shape index (κ1) is 19.1. The Kier molecular flexibility index (Phi) is 4.31. The summed E-state index contributed by atoms with van der Waals surface area (Å²) in [5.74, 6) is 1.80. The van der Waals surface area contributed by atoms with E-state index in [4.69, 9.17) is 4.74 Å². The fraction of sp³-hybridized carbons (Fsp3) is 0.875. The molecule has 156 valence electrons. The summed E-state index contributed by atoms with van der Waals surface area (Å²) in [7, 11) is 0. The van der Waals surface area contributed by atoms with Gasteiger partial charge in [-0.05, 0) is 79.1 Å². The van der Waals surface area contributed by atoms with Crippen LogP contribution in [0.2, 0.25) is 0 Å². The third kappa shape index (κ3) is 2.40. The average molecular weight is 388 g/mol. The highest BCUT2D eigenvalue weighted by molar-refractivity contribution is 5.66. The molecule has 28 heavy (non-hydrogen) atoms. The first-order valence-corrected chi connectivity index (χ1v) is 11.5. The van der Waals surface area contributed by atoms with E-state index in [1.807, 2.05) is 0 Å². The number of piperidine rings is 1. The molecule has 1 heterocycles. The number of carbonyl (C=O) groups is 1. The van der Waals surface area contributed by atoms with E-state index in [2.05, 4.69) is 18.4 Å². The van der Waals surface area contributed by atoms with Crippen molar-refractivity contribution in [1.82, 2.24) is 4.90 Å². The minimum atomic E-state index is -0.148. The van der Waals surface area contributed by atoms with E-state index in [0.717, 1.165) is 25.6 Å². The SMILES string of the molecule is C=C1[C@@H]2CC[C@@H]3[C@@](CC[C@@H]4[C@@]5(C)CCC[C@@]34CN(CCO)C5)(C2)[C@@H]1OC(C)=O. The summed E-state index contributed by atoms with van der Waals surface area (Å²) in [4.78, 5) is 14.6. The number of ether oxygens (including phenoxy) is 1. The van der Waals surface area contributed by atoms with Gasteiger partial charge in [0.15, 0.2) is 0 Å². The number of aliphatic hydroxyl groups is 1. The molecule has 5 aliphatic rings. The maximum absolute atomic E-state index is 12.0. The Labute approximate surface area is 169 Å². The van der Waals surface area contributed by atoms with Gasteiger partial charge >= 0.3 is 5.97 Å². The molecule has 5 rings (SSSR count). The zero-order valence-corrected chi connectivity index (χ0v) is 17.7. The van der Waals surface area contributed by atoms with Crippen LogP contribution in [-0.4, -0.2) is 48.3 Å². The highest BCUT2D eigenvalue weighted by Crippen LogP contribution is 2.73. The second-order valence-electron chi connectivity index (χ2n) is 11.1. The molecule has 4 heteroatoms. The lowest BCUT2D eigenvalue weighted by molar-refractivity contribution is -0.221. The van der Waals surface area contributed by atoms with Crippen LogP contribution in [0.5, 0.6) is 0 Å². The molecule has 0 amide bonds.